The highest BCUT2D eigenvalue weighted by atomic mass is 28.3. The molecule has 4 rings (SSSR count). The lowest BCUT2D eigenvalue weighted by atomic mass is 10.1. The second kappa shape index (κ2) is 11.4. The average molecular weight is 430 g/mol. The second-order valence-corrected chi connectivity index (χ2v) is 15.2. The minimum absolute atomic E-state index is 0.338. The molecule has 30 heavy (non-hydrogen) atoms. The van der Waals surface area contributed by atoms with Crippen LogP contribution < -0.4 is 15.6 Å². The molecule has 1 saturated heterocycles. The van der Waals surface area contributed by atoms with E-state index in [1.54, 1.807) is 15.6 Å². The highest BCUT2D eigenvalue weighted by molar-refractivity contribution is 6.93. The van der Waals surface area contributed by atoms with Crippen LogP contribution in [0.2, 0.25) is 5.16 Å². The van der Waals surface area contributed by atoms with Crippen LogP contribution >= 0.6 is 0 Å². The summed E-state index contributed by atoms with van der Waals surface area (Å²) in [7, 11) is -1.60. The first kappa shape index (κ1) is 21.3. The monoisotopic (exact) mass is 429 g/mol. The molecule has 1 fully saturated rings. The van der Waals surface area contributed by atoms with E-state index in [4.69, 9.17) is 0 Å². The van der Waals surface area contributed by atoms with E-state index in [1.807, 2.05) is 0 Å². The van der Waals surface area contributed by atoms with Crippen molar-refractivity contribution >= 4 is 33.9 Å². The molecule has 0 aromatic heterocycles. The fourth-order valence-electron chi connectivity index (χ4n) is 5.12. The summed E-state index contributed by atoms with van der Waals surface area (Å²) >= 11 is 0. The van der Waals surface area contributed by atoms with Crippen LogP contribution in [0.1, 0.15) is 32.1 Å². The van der Waals surface area contributed by atoms with Gasteiger partial charge in [-0.3, -0.25) is 0 Å². The van der Waals surface area contributed by atoms with E-state index in [1.165, 1.54) is 51.7 Å². The zero-order valence-corrected chi connectivity index (χ0v) is 20.7. The molecule has 3 aromatic carbocycles. The average Bonchev–Trinajstić information content (AvgIpc) is 2.82. The van der Waals surface area contributed by atoms with Crippen LogP contribution in [-0.2, 0) is 0 Å². The van der Waals surface area contributed by atoms with Crippen molar-refractivity contribution in [3.8, 4) is 0 Å². The zero-order chi connectivity index (χ0) is 20.4. The molecule has 0 unspecified atom stereocenters. The molecule has 3 heteroatoms. The topological polar surface area (TPSA) is 3.24 Å². The molecule has 0 amide bonds. The molecule has 1 aliphatic heterocycles. The largest absolute Gasteiger partial charge is 0.303 e. The smallest absolute Gasteiger partial charge is 0.103 e. The highest BCUT2D eigenvalue weighted by Gasteiger charge is 2.27. The molecule has 0 spiro atoms. The minimum Gasteiger partial charge on any atom is -0.303 e. The maximum absolute atomic E-state index is 2.71. The number of rotatable bonds is 9. The molecule has 1 nitrogen and oxygen atoms in total. The van der Waals surface area contributed by atoms with Gasteiger partial charge >= 0.3 is 0 Å². The number of likely N-dealkylation sites (tertiary alicyclic amines) is 1. The summed E-state index contributed by atoms with van der Waals surface area (Å²) in [6, 6.07) is 34.3. The maximum atomic E-state index is 2.71. The fraction of sp³-hybridized carbons (Fsp3) is 0.333. The van der Waals surface area contributed by atoms with Gasteiger partial charge in [-0.25, -0.2) is 0 Å². The predicted octanol–water partition coefficient (Wildman–Crippen LogP) is 3.12. The molecule has 0 bridgehead atoms. The van der Waals surface area contributed by atoms with Crippen molar-refractivity contribution in [2.45, 2.75) is 37.3 Å². The first-order valence-electron chi connectivity index (χ1n) is 11.8. The van der Waals surface area contributed by atoms with Gasteiger partial charge in [0.05, 0.1) is 9.52 Å². The normalized spacial score (nSPS) is 16.3. The first-order chi connectivity index (χ1) is 14.9. The van der Waals surface area contributed by atoms with Crippen LogP contribution in [0.3, 0.4) is 0 Å². The molecule has 1 aliphatic rings. The summed E-state index contributed by atoms with van der Waals surface area (Å²) in [5.41, 5.74) is 0. The molecule has 0 aliphatic carbocycles. The van der Waals surface area contributed by atoms with Gasteiger partial charge in [0.25, 0.3) is 0 Å². The van der Waals surface area contributed by atoms with Gasteiger partial charge in [0.1, 0.15) is 8.80 Å². The van der Waals surface area contributed by atoms with Gasteiger partial charge in [-0.2, -0.15) is 0 Å². The van der Waals surface area contributed by atoms with E-state index in [2.05, 4.69) is 95.9 Å². The van der Waals surface area contributed by atoms with E-state index >= 15 is 0 Å². The molecule has 0 N–H and O–H groups in total. The molecule has 0 radical (unpaired) electrons. The van der Waals surface area contributed by atoms with E-state index in [-0.39, 0.29) is 9.52 Å². The minimum atomic E-state index is -1.27. The van der Waals surface area contributed by atoms with Crippen LogP contribution in [0.15, 0.2) is 91.0 Å². The lowest BCUT2D eigenvalue weighted by Crippen LogP contribution is -2.49. The van der Waals surface area contributed by atoms with Crippen molar-refractivity contribution in [1.82, 2.24) is 4.90 Å². The predicted molar refractivity (Wildman–Crippen MR) is 137 cm³/mol. The van der Waals surface area contributed by atoms with Gasteiger partial charge in [-0.15, -0.1) is 0 Å². The second-order valence-electron chi connectivity index (χ2n) is 8.79. The van der Waals surface area contributed by atoms with E-state index in [0.29, 0.717) is 0 Å². The van der Waals surface area contributed by atoms with Crippen molar-refractivity contribution in [2.24, 2.45) is 0 Å². The standard InChI is InChI=1S/C27H35NSi2/c1-5-14-24(15-6-1)29-27(20-13-23-28-21-11-4-12-22-28)30(25-16-7-2-8-17-25)26-18-9-3-10-19-26/h1-3,5-10,14-19,27,30H,4,11-13,20-23,29H2/t27-/m1/s1. The highest BCUT2D eigenvalue weighted by Crippen LogP contribution is 2.19. The van der Waals surface area contributed by atoms with Crippen LogP contribution in [0.4, 0.5) is 0 Å². The van der Waals surface area contributed by atoms with Gasteiger partial charge in [-0.05, 0) is 44.1 Å². The van der Waals surface area contributed by atoms with Gasteiger partial charge in [0.15, 0.2) is 0 Å². The number of benzene rings is 3. The SMILES string of the molecule is c1ccc([SiH2][C@@H](CCCN2CCCCC2)[SiH](c2ccccc2)c2ccccc2)cc1. The summed E-state index contributed by atoms with van der Waals surface area (Å²) in [6.07, 6.45) is 6.96. The van der Waals surface area contributed by atoms with Gasteiger partial charge in [-0.1, -0.05) is 119 Å². The Morgan fingerprint density at radius 2 is 1.23 bits per heavy atom. The van der Waals surface area contributed by atoms with Crippen LogP contribution in [0.5, 0.6) is 0 Å². The fourth-order valence-corrected chi connectivity index (χ4v) is 13.5. The molecule has 1 heterocycles. The molecule has 156 valence electrons. The van der Waals surface area contributed by atoms with Crippen LogP contribution in [0.25, 0.3) is 0 Å². The number of nitrogens with zero attached hydrogens (tertiary/aromatic N) is 1. The van der Waals surface area contributed by atoms with Crippen molar-refractivity contribution in [3.05, 3.63) is 91.0 Å². The third kappa shape index (κ3) is 6.04. The molecule has 1 atom stereocenters. The van der Waals surface area contributed by atoms with Crippen molar-refractivity contribution in [1.29, 1.82) is 0 Å². The van der Waals surface area contributed by atoms with E-state index < -0.39 is 8.80 Å². The van der Waals surface area contributed by atoms with E-state index in [0.717, 1.165) is 5.16 Å². The summed E-state index contributed by atoms with van der Waals surface area (Å²) in [6.45, 7) is 3.93. The Balaban J connectivity index is 1.57. The van der Waals surface area contributed by atoms with E-state index in [9.17, 15) is 0 Å². The maximum Gasteiger partial charge on any atom is 0.103 e. The third-order valence-electron chi connectivity index (χ3n) is 6.63. The van der Waals surface area contributed by atoms with Gasteiger partial charge in [0.2, 0.25) is 0 Å². The van der Waals surface area contributed by atoms with Crippen LogP contribution in [-0.4, -0.2) is 42.9 Å². The Hall–Kier alpha value is -1.95. The Kier molecular flexibility index (Phi) is 8.12. The Morgan fingerprint density at radius 1 is 0.700 bits per heavy atom. The molecular weight excluding hydrogens is 394 g/mol. The number of piperidine rings is 1. The summed E-state index contributed by atoms with van der Waals surface area (Å²) in [5, 5.41) is 5.75. The van der Waals surface area contributed by atoms with Crippen molar-refractivity contribution in [2.75, 3.05) is 19.6 Å². The summed E-state index contributed by atoms with van der Waals surface area (Å²) < 4.78 is 0. The van der Waals surface area contributed by atoms with Gasteiger partial charge < -0.3 is 4.90 Å². The molecule has 3 aromatic rings. The Bertz CT molecular complexity index is 808. The lowest BCUT2D eigenvalue weighted by Gasteiger charge is -2.30. The summed E-state index contributed by atoms with van der Waals surface area (Å²) in [5.74, 6) is 0. The van der Waals surface area contributed by atoms with Crippen molar-refractivity contribution < 1.29 is 0 Å². The zero-order valence-electron chi connectivity index (χ0n) is 18.1. The van der Waals surface area contributed by atoms with Crippen LogP contribution in [0, 0.1) is 0 Å². The Morgan fingerprint density at radius 3 is 1.80 bits per heavy atom. The number of hydrogen-bond acceptors (Lipinski definition) is 1. The van der Waals surface area contributed by atoms with Gasteiger partial charge in [0, 0.05) is 0 Å². The quantitative estimate of drug-likeness (QED) is 0.473. The number of hydrogen-bond donors (Lipinski definition) is 0. The molecule has 0 saturated carbocycles. The Labute approximate surface area is 186 Å². The van der Waals surface area contributed by atoms with Crippen molar-refractivity contribution in [3.63, 3.8) is 0 Å². The lowest BCUT2D eigenvalue weighted by molar-refractivity contribution is 0.225. The summed E-state index contributed by atoms with van der Waals surface area (Å²) in [4.78, 5) is 2.71. The molecular formula is C27H35NSi2. The first-order valence-corrected chi connectivity index (χ1v) is 15.1. The third-order valence-corrected chi connectivity index (χ3v) is 14.1.